The van der Waals surface area contributed by atoms with Gasteiger partial charge in [-0.3, -0.25) is 9.78 Å². The number of aromatic nitrogens is 1. The molecule has 1 saturated heterocycles. The van der Waals surface area contributed by atoms with Crippen LogP contribution in [0.3, 0.4) is 0 Å². The first-order valence-corrected chi connectivity index (χ1v) is 13.8. The zero-order valence-corrected chi connectivity index (χ0v) is 21.9. The predicted molar refractivity (Wildman–Crippen MR) is 141 cm³/mol. The summed E-state index contributed by atoms with van der Waals surface area (Å²) in [4.78, 5) is 17.0. The van der Waals surface area contributed by atoms with Crippen molar-refractivity contribution in [2.24, 2.45) is 5.92 Å². The summed E-state index contributed by atoms with van der Waals surface area (Å²) in [5, 5.41) is 8.32. The monoisotopic (exact) mass is 554 g/mol. The number of fused-ring (bicyclic) bond motifs is 1. The number of sulfonamides is 1. The standard InChI is InChI=1S/C24H25Cl3N4O3S/c25-17-4-6-19-21(8-11-29-22(19)13-17)28-9-2-10-30-24(32)16-3-1-12-31(15-16)35(33,34)23-14-18(26)5-7-20(23)27/h4-8,11,13-14,16H,1-3,9-10,12,15H2,(H,28,29)(H,30,32)/t16-/m1/s1. The van der Waals surface area contributed by atoms with Crippen molar-refractivity contribution in [3.05, 3.63) is 63.7 Å². The van der Waals surface area contributed by atoms with Gasteiger partial charge in [-0.2, -0.15) is 4.31 Å². The van der Waals surface area contributed by atoms with Gasteiger partial charge >= 0.3 is 0 Å². The Morgan fingerprint density at radius 1 is 1.06 bits per heavy atom. The third-order valence-electron chi connectivity index (χ3n) is 5.94. The maximum absolute atomic E-state index is 13.1. The minimum absolute atomic E-state index is 0.0373. The molecular formula is C24H25Cl3N4O3S. The van der Waals surface area contributed by atoms with Crippen LogP contribution in [0.5, 0.6) is 0 Å². The summed E-state index contributed by atoms with van der Waals surface area (Å²) in [7, 11) is -3.85. The molecule has 1 atom stereocenters. The first kappa shape index (κ1) is 26.0. The van der Waals surface area contributed by atoms with E-state index < -0.39 is 15.9 Å². The Hall–Kier alpha value is -2.10. The van der Waals surface area contributed by atoms with Gasteiger partial charge in [0.2, 0.25) is 15.9 Å². The first-order valence-electron chi connectivity index (χ1n) is 11.3. The number of pyridine rings is 1. The topological polar surface area (TPSA) is 91.4 Å². The Morgan fingerprint density at radius 2 is 1.83 bits per heavy atom. The Bertz CT molecular complexity index is 1340. The van der Waals surface area contributed by atoms with E-state index in [9.17, 15) is 13.2 Å². The van der Waals surface area contributed by atoms with Gasteiger partial charge in [-0.15, -0.1) is 0 Å². The fraction of sp³-hybridized carbons (Fsp3) is 0.333. The largest absolute Gasteiger partial charge is 0.384 e. The maximum atomic E-state index is 13.1. The molecule has 1 fully saturated rings. The van der Waals surface area contributed by atoms with Crippen LogP contribution in [-0.2, 0) is 14.8 Å². The summed E-state index contributed by atoms with van der Waals surface area (Å²) in [6, 6.07) is 11.8. The van der Waals surface area contributed by atoms with Crippen molar-refractivity contribution in [1.82, 2.24) is 14.6 Å². The molecule has 1 amide bonds. The molecule has 2 heterocycles. The van der Waals surface area contributed by atoms with Gasteiger partial charge in [-0.05, 0) is 61.7 Å². The number of anilines is 1. The molecule has 0 saturated carbocycles. The van der Waals surface area contributed by atoms with E-state index >= 15 is 0 Å². The second-order valence-electron chi connectivity index (χ2n) is 8.37. The molecule has 7 nitrogen and oxygen atoms in total. The van der Waals surface area contributed by atoms with Crippen molar-refractivity contribution in [2.75, 3.05) is 31.5 Å². The van der Waals surface area contributed by atoms with E-state index in [1.54, 1.807) is 6.20 Å². The molecule has 0 bridgehead atoms. The van der Waals surface area contributed by atoms with Crippen LogP contribution < -0.4 is 10.6 Å². The Kier molecular flexibility index (Phi) is 8.39. The molecule has 0 aliphatic carbocycles. The smallest absolute Gasteiger partial charge is 0.244 e. The van der Waals surface area contributed by atoms with Crippen LogP contribution in [-0.4, -0.2) is 49.8 Å². The summed E-state index contributed by atoms with van der Waals surface area (Å²) in [6.45, 7) is 1.58. The normalized spacial score (nSPS) is 16.8. The highest BCUT2D eigenvalue weighted by atomic mass is 35.5. The summed E-state index contributed by atoms with van der Waals surface area (Å²) in [6.07, 6.45) is 3.65. The molecule has 0 radical (unpaired) electrons. The lowest BCUT2D eigenvalue weighted by Crippen LogP contribution is -2.45. The van der Waals surface area contributed by atoms with Gasteiger partial charge in [-0.1, -0.05) is 34.8 Å². The number of carbonyl (C=O) groups is 1. The molecule has 2 N–H and O–H groups in total. The van der Waals surface area contributed by atoms with Crippen molar-refractivity contribution < 1.29 is 13.2 Å². The second-order valence-corrected chi connectivity index (χ2v) is 11.6. The van der Waals surface area contributed by atoms with Gasteiger partial charge in [0.05, 0.1) is 16.5 Å². The minimum atomic E-state index is -3.85. The lowest BCUT2D eigenvalue weighted by Gasteiger charge is -2.31. The molecule has 35 heavy (non-hydrogen) atoms. The van der Waals surface area contributed by atoms with Crippen molar-refractivity contribution in [2.45, 2.75) is 24.2 Å². The number of hydrogen-bond donors (Lipinski definition) is 2. The van der Waals surface area contributed by atoms with E-state index in [1.807, 2.05) is 24.3 Å². The van der Waals surface area contributed by atoms with Gasteiger partial charge in [0.15, 0.2) is 0 Å². The number of rotatable bonds is 8. The van der Waals surface area contributed by atoms with Crippen LogP contribution in [0, 0.1) is 5.92 Å². The number of nitrogens with zero attached hydrogens (tertiary/aromatic N) is 2. The highest BCUT2D eigenvalue weighted by Gasteiger charge is 2.34. The van der Waals surface area contributed by atoms with E-state index in [4.69, 9.17) is 34.8 Å². The predicted octanol–water partition coefficient (Wildman–Crippen LogP) is 5.21. The highest BCUT2D eigenvalue weighted by Crippen LogP contribution is 2.30. The van der Waals surface area contributed by atoms with Crippen LogP contribution in [0.4, 0.5) is 5.69 Å². The van der Waals surface area contributed by atoms with E-state index in [0.717, 1.165) is 16.6 Å². The molecule has 0 spiro atoms. The van der Waals surface area contributed by atoms with Crippen LogP contribution >= 0.6 is 34.8 Å². The van der Waals surface area contributed by atoms with Crippen LogP contribution in [0.1, 0.15) is 19.3 Å². The van der Waals surface area contributed by atoms with Crippen LogP contribution in [0.15, 0.2) is 53.6 Å². The number of nitrogens with one attached hydrogen (secondary N) is 2. The van der Waals surface area contributed by atoms with E-state index in [-0.39, 0.29) is 27.4 Å². The lowest BCUT2D eigenvalue weighted by molar-refractivity contribution is -0.126. The third-order valence-corrected chi connectivity index (χ3v) is 8.76. The maximum Gasteiger partial charge on any atom is 0.244 e. The number of halogens is 3. The molecule has 2 aromatic carbocycles. The van der Waals surface area contributed by atoms with Gasteiger partial charge in [0.25, 0.3) is 0 Å². The number of hydrogen-bond acceptors (Lipinski definition) is 5. The molecule has 1 aliphatic heterocycles. The van der Waals surface area contributed by atoms with Crippen molar-refractivity contribution in [3.8, 4) is 0 Å². The van der Waals surface area contributed by atoms with Gasteiger partial charge in [-0.25, -0.2) is 8.42 Å². The van der Waals surface area contributed by atoms with E-state index in [1.165, 1.54) is 22.5 Å². The molecule has 0 unspecified atom stereocenters. The fourth-order valence-corrected chi connectivity index (χ4v) is 6.56. The fourth-order valence-electron chi connectivity index (χ4n) is 4.13. The first-order chi connectivity index (χ1) is 16.8. The number of piperidine rings is 1. The quantitative estimate of drug-likeness (QED) is 0.372. The molecule has 11 heteroatoms. The van der Waals surface area contributed by atoms with Gasteiger partial charge in [0.1, 0.15) is 4.90 Å². The Balaban J connectivity index is 1.28. The highest BCUT2D eigenvalue weighted by molar-refractivity contribution is 7.89. The molecule has 3 aromatic rings. The van der Waals surface area contributed by atoms with Crippen LogP contribution in [0.2, 0.25) is 15.1 Å². The SMILES string of the molecule is O=C(NCCCNc1ccnc2cc(Cl)ccc12)[C@@H]1CCCN(S(=O)(=O)c2cc(Cl)ccc2Cl)C1. The zero-order valence-electron chi connectivity index (χ0n) is 18.8. The number of benzene rings is 2. The van der Waals surface area contributed by atoms with Crippen molar-refractivity contribution in [1.29, 1.82) is 0 Å². The van der Waals surface area contributed by atoms with Crippen molar-refractivity contribution in [3.63, 3.8) is 0 Å². The average Bonchev–Trinajstić information content (AvgIpc) is 2.85. The Labute approximate surface area is 219 Å². The molecular weight excluding hydrogens is 531 g/mol. The number of carbonyl (C=O) groups excluding carboxylic acids is 1. The van der Waals surface area contributed by atoms with E-state index in [0.29, 0.717) is 43.9 Å². The molecule has 186 valence electrons. The van der Waals surface area contributed by atoms with Gasteiger partial charge in [0, 0.05) is 53.5 Å². The summed E-state index contributed by atoms with van der Waals surface area (Å²) < 4.78 is 27.5. The molecule has 4 rings (SSSR count). The zero-order chi connectivity index (χ0) is 25.0. The Morgan fingerprint density at radius 3 is 2.66 bits per heavy atom. The van der Waals surface area contributed by atoms with Gasteiger partial charge < -0.3 is 10.6 Å². The van der Waals surface area contributed by atoms with Crippen LogP contribution in [0.25, 0.3) is 10.9 Å². The molecule has 1 aromatic heterocycles. The second kappa shape index (κ2) is 11.3. The summed E-state index contributed by atoms with van der Waals surface area (Å²) >= 11 is 18.1. The number of amides is 1. The van der Waals surface area contributed by atoms with Crippen molar-refractivity contribution >= 4 is 67.3 Å². The lowest BCUT2D eigenvalue weighted by atomic mass is 9.99. The molecule has 1 aliphatic rings. The van der Waals surface area contributed by atoms with E-state index in [2.05, 4.69) is 15.6 Å². The summed E-state index contributed by atoms with van der Waals surface area (Å²) in [5.41, 5.74) is 1.76. The minimum Gasteiger partial charge on any atom is -0.384 e. The average molecular weight is 556 g/mol. The summed E-state index contributed by atoms with van der Waals surface area (Å²) in [5.74, 6) is -0.565. The third kappa shape index (κ3) is 6.19.